The van der Waals surface area contributed by atoms with Crippen LogP contribution in [0.4, 0.5) is 5.00 Å². The molecule has 3 aromatic rings. The molecule has 6 nitrogen and oxygen atoms in total. The van der Waals surface area contributed by atoms with Crippen LogP contribution in [0, 0.1) is 0 Å². The number of nitrogens with zero attached hydrogens (tertiary/aromatic N) is 1. The molecule has 4 rings (SSSR count). The van der Waals surface area contributed by atoms with Crippen LogP contribution in [0.25, 0.3) is 0 Å². The van der Waals surface area contributed by atoms with Gasteiger partial charge in [0.1, 0.15) is 5.75 Å². The molecule has 0 spiro atoms. The van der Waals surface area contributed by atoms with E-state index in [0.29, 0.717) is 9.88 Å². The van der Waals surface area contributed by atoms with Crippen molar-refractivity contribution in [2.24, 2.45) is 0 Å². The lowest BCUT2D eigenvalue weighted by Crippen LogP contribution is -2.29. The first-order valence-electron chi connectivity index (χ1n) is 9.05. The number of nitrogens with one attached hydrogen (secondary N) is 1. The van der Waals surface area contributed by atoms with Gasteiger partial charge in [-0.1, -0.05) is 12.1 Å². The summed E-state index contributed by atoms with van der Waals surface area (Å²) in [6.45, 7) is 0.724. The van der Waals surface area contributed by atoms with Gasteiger partial charge in [-0.05, 0) is 54.8 Å². The van der Waals surface area contributed by atoms with Crippen LogP contribution in [0.2, 0.25) is 0 Å². The highest BCUT2D eigenvalue weighted by Crippen LogP contribution is 2.35. The highest BCUT2D eigenvalue weighted by molar-refractivity contribution is 7.18. The van der Waals surface area contributed by atoms with Crippen LogP contribution in [-0.4, -0.2) is 30.4 Å². The van der Waals surface area contributed by atoms with Gasteiger partial charge in [0.15, 0.2) is 5.76 Å². The van der Waals surface area contributed by atoms with E-state index in [0.717, 1.165) is 30.7 Å². The van der Waals surface area contributed by atoms with Gasteiger partial charge in [0.25, 0.3) is 11.8 Å². The van der Waals surface area contributed by atoms with Gasteiger partial charge in [-0.2, -0.15) is 0 Å². The fraction of sp³-hybridized carbons (Fsp3) is 0.238. The molecule has 7 heteroatoms. The Morgan fingerprint density at radius 1 is 1.18 bits per heavy atom. The lowest BCUT2D eigenvalue weighted by atomic mass is 10.0. The van der Waals surface area contributed by atoms with E-state index >= 15 is 0 Å². The van der Waals surface area contributed by atoms with Crippen LogP contribution in [0.1, 0.15) is 44.7 Å². The summed E-state index contributed by atoms with van der Waals surface area (Å²) in [7, 11) is 1.64. The summed E-state index contributed by atoms with van der Waals surface area (Å²) in [5.41, 5.74) is 1.11. The van der Waals surface area contributed by atoms with Gasteiger partial charge >= 0.3 is 0 Å². The van der Waals surface area contributed by atoms with Gasteiger partial charge < -0.3 is 19.4 Å². The molecule has 144 valence electrons. The average molecular weight is 396 g/mol. The normalized spacial score (nSPS) is 16.2. The van der Waals surface area contributed by atoms with E-state index in [1.165, 1.54) is 17.6 Å². The van der Waals surface area contributed by atoms with E-state index in [1.54, 1.807) is 31.4 Å². The molecule has 0 bridgehead atoms. The topological polar surface area (TPSA) is 71.8 Å². The smallest absolute Gasteiger partial charge is 0.291 e. The van der Waals surface area contributed by atoms with Crippen molar-refractivity contribution in [3.8, 4) is 5.75 Å². The third-order valence-electron chi connectivity index (χ3n) is 4.81. The van der Waals surface area contributed by atoms with Crippen molar-refractivity contribution in [2.45, 2.75) is 18.9 Å². The van der Waals surface area contributed by atoms with Crippen LogP contribution < -0.4 is 10.1 Å². The summed E-state index contributed by atoms with van der Waals surface area (Å²) in [4.78, 5) is 27.7. The zero-order valence-electron chi connectivity index (χ0n) is 15.4. The van der Waals surface area contributed by atoms with E-state index in [9.17, 15) is 9.59 Å². The van der Waals surface area contributed by atoms with Crippen molar-refractivity contribution < 1.29 is 18.7 Å². The third kappa shape index (κ3) is 3.66. The number of hydrogen-bond donors (Lipinski definition) is 1. The number of furan rings is 1. The molecular weight excluding hydrogens is 376 g/mol. The SMILES string of the molecule is COc1ccc(C2CCCN2C(=O)c2ccc(NC(=O)c3ccco3)s2)cc1. The number of benzene rings is 1. The second-order valence-corrected chi connectivity index (χ2v) is 7.61. The summed E-state index contributed by atoms with van der Waals surface area (Å²) in [5, 5.41) is 3.38. The monoisotopic (exact) mass is 396 g/mol. The molecule has 0 radical (unpaired) electrons. The summed E-state index contributed by atoms with van der Waals surface area (Å²) in [6, 6.07) is 14.7. The van der Waals surface area contributed by atoms with Crippen LogP contribution in [0.3, 0.4) is 0 Å². The number of rotatable bonds is 5. The summed E-state index contributed by atoms with van der Waals surface area (Å²) < 4.78 is 10.3. The largest absolute Gasteiger partial charge is 0.497 e. The molecule has 1 aromatic carbocycles. The number of carbonyl (C=O) groups excluding carboxylic acids is 2. The maximum Gasteiger partial charge on any atom is 0.291 e. The second kappa shape index (κ2) is 7.90. The number of thiophene rings is 1. The molecule has 1 atom stereocenters. The second-order valence-electron chi connectivity index (χ2n) is 6.53. The lowest BCUT2D eigenvalue weighted by Gasteiger charge is -2.24. The van der Waals surface area contributed by atoms with Crippen molar-refractivity contribution in [1.82, 2.24) is 4.90 Å². The Morgan fingerprint density at radius 2 is 2.00 bits per heavy atom. The maximum atomic E-state index is 13.1. The van der Waals surface area contributed by atoms with Gasteiger partial charge in [0.05, 0.1) is 29.3 Å². The van der Waals surface area contributed by atoms with Gasteiger partial charge in [0.2, 0.25) is 0 Å². The molecule has 0 saturated carbocycles. The molecule has 1 fully saturated rings. The Balaban J connectivity index is 1.47. The number of amides is 2. The minimum atomic E-state index is -0.330. The van der Waals surface area contributed by atoms with Crippen LogP contribution in [0.5, 0.6) is 5.75 Å². The Labute approximate surface area is 166 Å². The van der Waals surface area contributed by atoms with Crippen LogP contribution >= 0.6 is 11.3 Å². The number of ether oxygens (including phenoxy) is 1. The zero-order valence-corrected chi connectivity index (χ0v) is 16.2. The predicted molar refractivity (Wildman–Crippen MR) is 107 cm³/mol. The number of anilines is 1. The number of carbonyl (C=O) groups is 2. The Hall–Kier alpha value is -3.06. The molecule has 2 amide bonds. The molecule has 2 aromatic heterocycles. The van der Waals surface area contributed by atoms with Crippen LogP contribution in [0.15, 0.2) is 59.2 Å². The van der Waals surface area contributed by atoms with E-state index < -0.39 is 0 Å². The Morgan fingerprint density at radius 3 is 2.71 bits per heavy atom. The number of methoxy groups -OCH3 is 1. The van der Waals surface area contributed by atoms with Gasteiger partial charge in [-0.3, -0.25) is 9.59 Å². The zero-order chi connectivity index (χ0) is 19.5. The summed E-state index contributed by atoms with van der Waals surface area (Å²) in [5.74, 6) is 0.695. The Bertz CT molecular complexity index is 963. The molecule has 0 aliphatic carbocycles. The molecule has 1 saturated heterocycles. The van der Waals surface area contributed by atoms with Crippen molar-refractivity contribution in [2.75, 3.05) is 19.0 Å². The maximum absolute atomic E-state index is 13.1. The van der Waals surface area contributed by atoms with Crippen LogP contribution in [-0.2, 0) is 0 Å². The van der Waals surface area contributed by atoms with Gasteiger partial charge in [0, 0.05) is 6.54 Å². The molecule has 1 aliphatic rings. The first-order valence-corrected chi connectivity index (χ1v) is 9.87. The molecule has 1 aliphatic heterocycles. The first-order chi connectivity index (χ1) is 13.7. The van der Waals surface area contributed by atoms with Crippen molar-refractivity contribution in [3.05, 3.63) is 71.0 Å². The Kier molecular flexibility index (Phi) is 5.16. The van der Waals surface area contributed by atoms with E-state index in [4.69, 9.17) is 9.15 Å². The minimum absolute atomic E-state index is 0.0122. The first kappa shape index (κ1) is 18.3. The molecule has 1 unspecified atom stereocenters. The quantitative estimate of drug-likeness (QED) is 0.685. The standard InChI is InChI=1S/C21H20N2O4S/c1-26-15-8-6-14(7-9-15)16-4-2-12-23(16)21(25)18-10-11-19(28-18)22-20(24)17-5-3-13-27-17/h3,5-11,13,16H,2,4,12H2,1H3,(H,22,24). The van der Waals surface area contributed by atoms with Crippen molar-refractivity contribution in [3.63, 3.8) is 0 Å². The number of likely N-dealkylation sites (tertiary alicyclic amines) is 1. The number of hydrogen-bond acceptors (Lipinski definition) is 5. The molecule has 1 N–H and O–H groups in total. The fourth-order valence-electron chi connectivity index (χ4n) is 3.43. The predicted octanol–water partition coefficient (Wildman–Crippen LogP) is 4.58. The molecule has 28 heavy (non-hydrogen) atoms. The lowest BCUT2D eigenvalue weighted by molar-refractivity contribution is 0.0740. The van der Waals surface area contributed by atoms with E-state index in [2.05, 4.69) is 5.32 Å². The van der Waals surface area contributed by atoms with E-state index in [1.807, 2.05) is 29.2 Å². The minimum Gasteiger partial charge on any atom is -0.497 e. The van der Waals surface area contributed by atoms with Crippen molar-refractivity contribution >= 4 is 28.2 Å². The van der Waals surface area contributed by atoms with Crippen molar-refractivity contribution in [1.29, 1.82) is 0 Å². The highest BCUT2D eigenvalue weighted by atomic mass is 32.1. The average Bonchev–Trinajstić information content (AvgIpc) is 3.48. The highest BCUT2D eigenvalue weighted by Gasteiger charge is 2.31. The molecular formula is C21H20N2O4S. The fourth-order valence-corrected chi connectivity index (χ4v) is 4.28. The van der Waals surface area contributed by atoms with Gasteiger partial charge in [-0.15, -0.1) is 11.3 Å². The van der Waals surface area contributed by atoms with Gasteiger partial charge in [-0.25, -0.2) is 0 Å². The van der Waals surface area contributed by atoms with E-state index in [-0.39, 0.29) is 23.6 Å². The molecule has 3 heterocycles. The summed E-state index contributed by atoms with van der Waals surface area (Å²) in [6.07, 6.45) is 3.35. The third-order valence-corrected chi connectivity index (χ3v) is 5.80. The summed E-state index contributed by atoms with van der Waals surface area (Å²) >= 11 is 1.27.